The second-order valence-electron chi connectivity index (χ2n) is 5.88. The summed E-state index contributed by atoms with van der Waals surface area (Å²) in [5.74, 6) is 1.42. The third-order valence-corrected chi connectivity index (χ3v) is 4.45. The number of halogens is 1. The van der Waals surface area contributed by atoms with Crippen molar-refractivity contribution in [3.8, 4) is 5.69 Å². The van der Waals surface area contributed by atoms with Gasteiger partial charge in [-0.15, -0.1) is 10.2 Å². The van der Waals surface area contributed by atoms with Gasteiger partial charge in [0.05, 0.1) is 5.69 Å². The minimum Gasteiger partial charge on any atom is -0.359 e. The molecule has 0 unspecified atom stereocenters. The van der Waals surface area contributed by atoms with Gasteiger partial charge < -0.3 is 4.74 Å². The summed E-state index contributed by atoms with van der Waals surface area (Å²) in [4.78, 5) is 0. The third-order valence-electron chi connectivity index (χ3n) is 4.19. The number of hydrazone groups is 1. The Hall–Kier alpha value is -2.70. The SMILES string of the molecule is CCOCN1N=C(c2ccc(Cl)cc2)c2ccccc2-n2c(C)nnc21. The quantitative estimate of drug-likeness (QED) is 0.704. The highest BCUT2D eigenvalue weighted by Crippen LogP contribution is 2.29. The maximum absolute atomic E-state index is 6.06. The minimum absolute atomic E-state index is 0.291. The Bertz CT molecular complexity index is 964. The van der Waals surface area contributed by atoms with Gasteiger partial charge in [0, 0.05) is 22.8 Å². The summed E-state index contributed by atoms with van der Waals surface area (Å²) in [6.07, 6.45) is 0. The van der Waals surface area contributed by atoms with Crippen LogP contribution < -0.4 is 5.01 Å². The summed E-state index contributed by atoms with van der Waals surface area (Å²) in [6.45, 7) is 4.76. The van der Waals surface area contributed by atoms with Crippen molar-refractivity contribution >= 4 is 23.3 Å². The summed E-state index contributed by atoms with van der Waals surface area (Å²) in [7, 11) is 0. The first kappa shape index (κ1) is 16.8. The van der Waals surface area contributed by atoms with Crippen LogP contribution in [0.25, 0.3) is 5.69 Å². The number of para-hydroxylation sites is 1. The molecular weight excluding hydrogens is 350 g/mol. The predicted molar refractivity (Wildman–Crippen MR) is 102 cm³/mol. The average Bonchev–Trinajstić information content (AvgIpc) is 2.97. The monoisotopic (exact) mass is 367 g/mol. The molecule has 0 fully saturated rings. The van der Waals surface area contributed by atoms with E-state index in [1.807, 2.05) is 60.9 Å². The first-order chi connectivity index (χ1) is 12.7. The number of hydrogen-bond donors (Lipinski definition) is 0. The van der Waals surface area contributed by atoms with Gasteiger partial charge in [-0.1, -0.05) is 41.9 Å². The van der Waals surface area contributed by atoms with Crippen molar-refractivity contribution in [3.63, 3.8) is 0 Å². The van der Waals surface area contributed by atoms with E-state index in [-0.39, 0.29) is 0 Å². The molecule has 2 heterocycles. The highest BCUT2D eigenvalue weighted by molar-refractivity contribution is 6.30. The van der Waals surface area contributed by atoms with E-state index in [1.165, 1.54) is 0 Å². The second kappa shape index (κ2) is 6.90. The molecule has 4 rings (SSSR count). The van der Waals surface area contributed by atoms with Crippen LogP contribution in [0.1, 0.15) is 23.9 Å². The van der Waals surface area contributed by atoms with E-state index in [0.29, 0.717) is 24.3 Å². The fraction of sp³-hybridized carbons (Fsp3) is 0.211. The first-order valence-electron chi connectivity index (χ1n) is 8.40. The topological polar surface area (TPSA) is 55.5 Å². The fourth-order valence-electron chi connectivity index (χ4n) is 2.97. The second-order valence-corrected chi connectivity index (χ2v) is 6.31. The van der Waals surface area contributed by atoms with Crippen LogP contribution in [0.5, 0.6) is 0 Å². The summed E-state index contributed by atoms with van der Waals surface area (Å²) in [5.41, 5.74) is 3.79. The number of rotatable bonds is 4. The fourth-order valence-corrected chi connectivity index (χ4v) is 3.10. The number of aromatic nitrogens is 3. The van der Waals surface area contributed by atoms with E-state index in [2.05, 4.69) is 16.3 Å². The molecule has 1 aliphatic rings. The maximum Gasteiger partial charge on any atom is 0.254 e. The molecule has 0 saturated carbocycles. The zero-order valence-electron chi connectivity index (χ0n) is 14.6. The Morgan fingerprint density at radius 1 is 1.04 bits per heavy atom. The van der Waals surface area contributed by atoms with Crippen LogP contribution in [-0.2, 0) is 4.74 Å². The van der Waals surface area contributed by atoms with E-state index >= 15 is 0 Å². The number of hydrogen-bond acceptors (Lipinski definition) is 5. The molecule has 2 aromatic carbocycles. The molecule has 0 radical (unpaired) electrons. The molecule has 0 spiro atoms. The predicted octanol–water partition coefficient (Wildman–Crippen LogP) is 3.80. The van der Waals surface area contributed by atoms with Crippen LogP contribution in [0.2, 0.25) is 5.02 Å². The highest BCUT2D eigenvalue weighted by Gasteiger charge is 2.26. The summed E-state index contributed by atoms with van der Waals surface area (Å²) < 4.78 is 7.61. The molecule has 26 heavy (non-hydrogen) atoms. The van der Waals surface area contributed by atoms with Crippen molar-refractivity contribution in [2.45, 2.75) is 13.8 Å². The molecule has 6 nitrogen and oxygen atoms in total. The van der Waals surface area contributed by atoms with Crippen LogP contribution in [0.4, 0.5) is 5.95 Å². The van der Waals surface area contributed by atoms with Crippen molar-refractivity contribution in [1.82, 2.24) is 14.8 Å². The van der Waals surface area contributed by atoms with Crippen LogP contribution in [0.15, 0.2) is 53.6 Å². The number of fused-ring (bicyclic) bond motifs is 3. The molecular formula is C19H18ClN5O. The average molecular weight is 368 g/mol. The van der Waals surface area contributed by atoms with Crippen LogP contribution >= 0.6 is 11.6 Å². The van der Waals surface area contributed by atoms with Gasteiger partial charge in [-0.3, -0.25) is 4.57 Å². The number of nitrogens with zero attached hydrogens (tertiary/aromatic N) is 5. The van der Waals surface area contributed by atoms with Crippen molar-refractivity contribution < 1.29 is 4.74 Å². The summed E-state index contributed by atoms with van der Waals surface area (Å²) in [6, 6.07) is 15.8. The number of benzene rings is 2. The molecule has 1 aliphatic heterocycles. The largest absolute Gasteiger partial charge is 0.359 e. The van der Waals surface area contributed by atoms with Crippen molar-refractivity contribution in [3.05, 3.63) is 70.5 Å². The molecule has 7 heteroatoms. The van der Waals surface area contributed by atoms with Gasteiger partial charge in [0.2, 0.25) is 0 Å². The summed E-state index contributed by atoms with van der Waals surface area (Å²) >= 11 is 6.06. The van der Waals surface area contributed by atoms with E-state index in [9.17, 15) is 0 Å². The summed E-state index contributed by atoms with van der Waals surface area (Å²) in [5, 5.41) is 15.9. The van der Waals surface area contributed by atoms with E-state index in [1.54, 1.807) is 5.01 Å². The zero-order chi connectivity index (χ0) is 18.1. The van der Waals surface area contributed by atoms with E-state index in [0.717, 1.165) is 28.4 Å². The van der Waals surface area contributed by atoms with Gasteiger partial charge in [-0.2, -0.15) is 5.10 Å². The zero-order valence-corrected chi connectivity index (χ0v) is 15.3. The number of aryl methyl sites for hydroxylation is 1. The lowest BCUT2D eigenvalue weighted by molar-refractivity contribution is 0.147. The van der Waals surface area contributed by atoms with Gasteiger partial charge in [0.25, 0.3) is 5.95 Å². The Kier molecular flexibility index (Phi) is 4.44. The standard InChI is InChI=1S/C19H18ClN5O/c1-3-26-12-24-19-22-21-13(2)25(19)17-7-5-4-6-16(17)18(23-24)14-8-10-15(20)11-9-14/h4-11H,3,12H2,1-2H3. The van der Waals surface area contributed by atoms with Gasteiger partial charge in [0.15, 0.2) is 0 Å². The molecule has 0 bridgehead atoms. The van der Waals surface area contributed by atoms with Crippen LogP contribution in [0.3, 0.4) is 0 Å². The van der Waals surface area contributed by atoms with Crippen LogP contribution in [-0.4, -0.2) is 33.8 Å². The lowest BCUT2D eigenvalue weighted by atomic mass is 10.0. The van der Waals surface area contributed by atoms with Gasteiger partial charge in [-0.05, 0) is 32.0 Å². The number of ether oxygens (including phenoxy) is 1. The molecule has 0 aliphatic carbocycles. The number of anilines is 1. The Labute approximate surface area is 156 Å². The van der Waals surface area contributed by atoms with Crippen LogP contribution in [0, 0.1) is 6.92 Å². The van der Waals surface area contributed by atoms with E-state index in [4.69, 9.17) is 21.4 Å². The van der Waals surface area contributed by atoms with Crippen molar-refractivity contribution in [2.75, 3.05) is 18.3 Å². The molecule has 0 saturated heterocycles. The molecule has 0 atom stereocenters. The van der Waals surface area contributed by atoms with E-state index < -0.39 is 0 Å². The van der Waals surface area contributed by atoms with Crippen molar-refractivity contribution in [1.29, 1.82) is 0 Å². The molecule has 0 N–H and O–H groups in total. The first-order valence-corrected chi connectivity index (χ1v) is 8.78. The molecule has 0 amide bonds. The van der Waals surface area contributed by atoms with Gasteiger partial charge >= 0.3 is 0 Å². The van der Waals surface area contributed by atoms with Crippen molar-refractivity contribution in [2.24, 2.45) is 5.10 Å². The minimum atomic E-state index is 0.291. The normalized spacial score (nSPS) is 13.0. The smallest absolute Gasteiger partial charge is 0.254 e. The Morgan fingerprint density at radius 2 is 1.81 bits per heavy atom. The lowest BCUT2D eigenvalue weighted by Gasteiger charge is -2.17. The third kappa shape index (κ3) is 2.87. The lowest BCUT2D eigenvalue weighted by Crippen LogP contribution is -2.24. The molecule has 1 aromatic heterocycles. The van der Waals surface area contributed by atoms with Gasteiger partial charge in [-0.25, -0.2) is 5.01 Å². The molecule has 3 aromatic rings. The Morgan fingerprint density at radius 3 is 2.58 bits per heavy atom. The molecule has 132 valence electrons. The maximum atomic E-state index is 6.06. The Balaban J connectivity index is 1.95. The van der Waals surface area contributed by atoms with Gasteiger partial charge in [0.1, 0.15) is 18.3 Å². The highest BCUT2D eigenvalue weighted by atomic mass is 35.5.